The average molecular weight is 332 g/mol. The van der Waals surface area contributed by atoms with E-state index in [2.05, 4.69) is 20.5 Å². The minimum Gasteiger partial charge on any atom is -0.378 e. The summed E-state index contributed by atoms with van der Waals surface area (Å²) in [5, 5.41) is 5.44. The summed E-state index contributed by atoms with van der Waals surface area (Å²) in [4.78, 5) is 30.6. The van der Waals surface area contributed by atoms with Crippen molar-refractivity contribution in [2.24, 2.45) is 0 Å². The highest BCUT2D eigenvalue weighted by Crippen LogP contribution is 2.26. The molecule has 0 radical (unpaired) electrons. The standard InChI is InChI=1S/C17H24N4O3/c22-16(20-13-4-3-7-18-10-13)11-19-17(23)15-12-24-9-8-21(15)14-5-1-2-6-14/h3-4,7,10,14-15H,1-2,5-6,8-9,11-12H2,(H,19,23)(H,20,22)/t15-/m1/s1. The van der Waals surface area contributed by atoms with E-state index in [1.807, 2.05) is 0 Å². The van der Waals surface area contributed by atoms with Crippen molar-refractivity contribution in [2.45, 2.75) is 37.8 Å². The number of hydrogen-bond acceptors (Lipinski definition) is 5. The van der Waals surface area contributed by atoms with Crippen molar-refractivity contribution >= 4 is 17.5 Å². The Balaban J connectivity index is 1.50. The van der Waals surface area contributed by atoms with Crippen LogP contribution in [0.4, 0.5) is 5.69 Å². The fourth-order valence-corrected chi connectivity index (χ4v) is 3.44. The molecular formula is C17H24N4O3. The van der Waals surface area contributed by atoms with Crippen LogP contribution < -0.4 is 10.6 Å². The van der Waals surface area contributed by atoms with Crippen LogP contribution in [0.1, 0.15) is 25.7 Å². The van der Waals surface area contributed by atoms with Gasteiger partial charge in [-0.05, 0) is 25.0 Å². The maximum atomic E-state index is 12.5. The molecule has 2 N–H and O–H groups in total. The Bertz CT molecular complexity index is 560. The molecule has 1 atom stereocenters. The number of carbonyl (C=O) groups excluding carboxylic acids is 2. The van der Waals surface area contributed by atoms with E-state index >= 15 is 0 Å². The first kappa shape index (κ1) is 16.9. The zero-order chi connectivity index (χ0) is 16.8. The Labute approximate surface area is 141 Å². The van der Waals surface area contributed by atoms with Crippen LogP contribution in [0.25, 0.3) is 0 Å². The minimum atomic E-state index is -0.298. The van der Waals surface area contributed by atoms with Crippen LogP contribution in [-0.4, -0.2) is 60.1 Å². The van der Waals surface area contributed by atoms with Crippen molar-refractivity contribution in [2.75, 3.05) is 31.6 Å². The van der Waals surface area contributed by atoms with Crippen LogP contribution in [0, 0.1) is 0 Å². The number of ether oxygens (including phenoxy) is 1. The maximum absolute atomic E-state index is 12.5. The molecule has 1 saturated carbocycles. The molecule has 1 aromatic rings. The van der Waals surface area contributed by atoms with E-state index in [0.717, 1.165) is 19.4 Å². The molecule has 0 aromatic carbocycles. The summed E-state index contributed by atoms with van der Waals surface area (Å²) in [5.41, 5.74) is 0.616. The molecule has 2 aliphatic rings. The van der Waals surface area contributed by atoms with E-state index in [1.54, 1.807) is 24.5 Å². The van der Waals surface area contributed by atoms with E-state index in [-0.39, 0.29) is 24.4 Å². The van der Waals surface area contributed by atoms with Gasteiger partial charge in [0.1, 0.15) is 6.04 Å². The Hall–Kier alpha value is -1.99. The van der Waals surface area contributed by atoms with Gasteiger partial charge in [-0.25, -0.2) is 0 Å². The topological polar surface area (TPSA) is 83.6 Å². The second kappa shape index (κ2) is 8.21. The van der Waals surface area contributed by atoms with Crippen molar-refractivity contribution in [3.63, 3.8) is 0 Å². The molecule has 7 nitrogen and oxygen atoms in total. The van der Waals surface area contributed by atoms with Gasteiger partial charge in [0.15, 0.2) is 0 Å². The number of aromatic nitrogens is 1. The number of rotatable bonds is 5. The molecule has 2 heterocycles. The molecule has 0 spiro atoms. The van der Waals surface area contributed by atoms with Crippen LogP contribution in [0.3, 0.4) is 0 Å². The molecule has 7 heteroatoms. The van der Waals surface area contributed by atoms with Gasteiger partial charge in [0.05, 0.1) is 31.6 Å². The lowest BCUT2D eigenvalue weighted by Gasteiger charge is -2.38. The van der Waals surface area contributed by atoms with Crippen LogP contribution in [0.15, 0.2) is 24.5 Å². The molecule has 1 aliphatic carbocycles. The predicted octanol–water partition coefficient (Wildman–Crippen LogP) is 0.780. The van der Waals surface area contributed by atoms with Gasteiger partial charge in [0.2, 0.25) is 11.8 Å². The van der Waals surface area contributed by atoms with E-state index < -0.39 is 0 Å². The molecule has 0 bridgehead atoms. The smallest absolute Gasteiger partial charge is 0.243 e. The lowest BCUT2D eigenvalue weighted by Crippen LogP contribution is -2.57. The molecule has 2 amide bonds. The Morgan fingerprint density at radius 3 is 2.92 bits per heavy atom. The first-order valence-corrected chi connectivity index (χ1v) is 8.55. The number of nitrogens with one attached hydrogen (secondary N) is 2. The third-order valence-electron chi connectivity index (χ3n) is 4.63. The number of nitrogens with zero attached hydrogens (tertiary/aromatic N) is 2. The van der Waals surface area contributed by atoms with Gasteiger partial charge in [-0.3, -0.25) is 19.5 Å². The van der Waals surface area contributed by atoms with Gasteiger partial charge in [-0.2, -0.15) is 0 Å². The second-order valence-corrected chi connectivity index (χ2v) is 6.27. The lowest BCUT2D eigenvalue weighted by molar-refractivity contribution is -0.135. The number of morpholine rings is 1. The number of carbonyl (C=O) groups is 2. The van der Waals surface area contributed by atoms with E-state index in [0.29, 0.717) is 24.9 Å². The molecule has 1 aliphatic heterocycles. The summed E-state index contributed by atoms with van der Waals surface area (Å²) in [5.74, 6) is -0.400. The van der Waals surface area contributed by atoms with Crippen molar-refractivity contribution < 1.29 is 14.3 Å². The highest BCUT2D eigenvalue weighted by Gasteiger charge is 2.35. The number of pyridine rings is 1. The third-order valence-corrected chi connectivity index (χ3v) is 4.63. The SMILES string of the molecule is O=C(CNC(=O)[C@H]1COCCN1C1CCCC1)Nc1cccnc1. The van der Waals surface area contributed by atoms with Crippen molar-refractivity contribution in [1.82, 2.24) is 15.2 Å². The van der Waals surface area contributed by atoms with E-state index in [9.17, 15) is 9.59 Å². The predicted molar refractivity (Wildman–Crippen MR) is 89.4 cm³/mol. The molecule has 130 valence electrons. The van der Waals surface area contributed by atoms with Crippen LogP contribution in [0.2, 0.25) is 0 Å². The monoisotopic (exact) mass is 332 g/mol. The molecule has 0 unspecified atom stereocenters. The first-order chi connectivity index (χ1) is 11.7. The Kier molecular flexibility index (Phi) is 5.77. The lowest BCUT2D eigenvalue weighted by atomic mass is 10.1. The second-order valence-electron chi connectivity index (χ2n) is 6.27. The van der Waals surface area contributed by atoms with E-state index in [4.69, 9.17) is 4.74 Å². The normalized spacial score (nSPS) is 22.2. The largest absolute Gasteiger partial charge is 0.378 e. The third kappa shape index (κ3) is 4.30. The van der Waals surface area contributed by atoms with Crippen molar-refractivity contribution in [1.29, 1.82) is 0 Å². The molecule has 24 heavy (non-hydrogen) atoms. The number of amides is 2. The Morgan fingerprint density at radius 2 is 2.17 bits per heavy atom. The Morgan fingerprint density at radius 1 is 1.33 bits per heavy atom. The molecule has 1 saturated heterocycles. The molecule has 1 aromatic heterocycles. The highest BCUT2D eigenvalue weighted by atomic mass is 16.5. The first-order valence-electron chi connectivity index (χ1n) is 8.55. The molecule has 2 fully saturated rings. The van der Waals surface area contributed by atoms with Crippen molar-refractivity contribution in [3.8, 4) is 0 Å². The summed E-state index contributed by atoms with van der Waals surface area (Å²) >= 11 is 0. The van der Waals surface area contributed by atoms with Gasteiger partial charge >= 0.3 is 0 Å². The summed E-state index contributed by atoms with van der Waals surface area (Å²) in [6.45, 7) is 1.79. The van der Waals surface area contributed by atoms with Crippen LogP contribution >= 0.6 is 0 Å². The summed E-state index contributed by atoms with van der Waals surface area (Å²) < 4.78 is 5.48. The fraction of sp³-hybridized carbons (Fsp3) is 0.588. The van der Waals surface area contributed by atoms with Gasteiger partial charge in [-0.1, -0.05) is 12.8 Å². The van der Waals surface area contributed by atoms with Gasteiger partial charge < -0.3 is 15.4 Å². The minimum absolute atomic E-state index is 0.0528. The highest BCUT2D eigenvalue weighted by molar-refractivity contribution is 5.95. The quantitative estimate of drug-likeness (QED) is 0.832. The zero-order valence-corrected chi connectivity index (χ0v) is 13.7. The van der Waals surface area contributed by atoms with E-state index in [1.165, 1.54) is 12.8 Å². The summed E-state index contributed by atoms with van der Waals surface area (Å²) in [6, 6.07) is 3.67. The summed E-state index contributed by atoms with van der Waals surface area (Å²) in [6.07, 6.45) is 7.94. The van der Waals surface area contributed by atoms with Gasteiger partial charge in [0, 0.05) is 18.8 Å². The zero-order valence-electron chi connectivity index (χ0n) is 13.7. The van der Waals surface area contributed by atoms with Gasteiger partial charge in [-0.15, -0.1) is 0 Å². The molecular weight excluding hydrogens is 308 g/mol. The maximum Gasteiger partial charge on any atom is 0.243 e. The molecule has 3 rings (SSSR count). The summed E-state index contributed by atoms with van der Waals surface area (Å²) in [7, 11) is 0. The van der Waals surface area contributed by atoms with Crippen LogP contribution in [0.5, 0.6) is 0 Å². The van der Waals surface area contributed by atoms with Crippen LogP contribution in [-0.2, 0) is 14.3 Å². The van der Waals surface area contributed by atoms with Crippen molar-refractivity contribution in [3.05, 3.63) is 24.5 Å². The number of hydrogen-bond donors (Lipinski definition) is 2. The number of anilines is 1. The fourth-order valence-electron chi connectivity index (χ4n) is 3.44. The van der Waals surface area contributed by atoms with Gasteiger partial charge in [0.25, 0.3) is 0 Å². The average Bonchev–Trinajstić information content (AvgIpc) is 3.15.